The zero-order chi connectivity index (χ0) is 19.9. The Morgan fingerprint density at radius 2 is 1.70 bits per heavy atom. The number of nitrogens with zero attached hydrogens (tertiary/aromatic N) is 2. The maximum absolute atomic E-state index is 12.9. The highest BCUT2D eigenvalue weighted by molar-refractivity contribution is 5.92. The van der Waals surface area contributed by atoms with Crippen molar-refractivity contribution in [1.82, 2.24) is 15.1 Å². The summed E-state index contributed by atoms with van der Waals surface area (Å²) in [5.74, 6) is 0.858. The lowest BCUT2D eigenvalue weighted by molar-refractivity contribution is -0.134. The largest absolute Gasteiger partial charge is 0.340 e. The second kappa shape index (κ2) is 13.1. The first-order chi connectivity index (χ1) is 13.5. The average Bonchev–Trinajstić information content (AvgIpc) is 2.71. The predicted octanol–water partition coefficient (Wildman–Crippen LogP) is 2.78. The SMILES string of the molecule is CC(CC(=O)N1CCN(CC(=O)Nc2ccc(F)cc2)CC1)C1CCNCC1.Cl.Cl. The number of nitrogens with one attached hydrogen (secondary N) is 2. The standard InChI is InChI=1S/C21H31FN4O2.2ClH/c1-16(17-6-8-23-9-7-17)14-21(28)26-12-10-25(11-13-26)15-20(27)24-19-4-2-18(22)3-5-19;;/h2-5,16-17,23H,6-15H2,1H3,(H,24,27);2*1H. The van der Waals surface area contributed by atoms with Gasteiger partial charge in [0, 0.05) is 38.3 Å². The second-order valence-corrected chi connectivity index (χ2v) is 7.98. The first-order valence-electron chi connectivity index (χ1n) is 10.3. The molecule has 0 saturated carbocycles. The first kappa shape index (κ1) is 26.6. The second-order valence-electron chi connectivity index (χ2n) is 7.98. The molecule has 0 aromatic heterocycles. The molecule has 9 heteroatoms. The lowest BCUT2D eigenvalue weighted by Gasteiger charge is -2.35. The molecule has 2 amide bonds. The predicted molar refractivity (Wildman–Crippen MR) is 122 cm³/mol. The molecule has 2 fully saturated rings. The summed E-state index contributed by atoms with van der Waals surface area (Å²) in [5, 5.41) is 6.15. The maximum Gasteiger partial charge on any atom is 0.238 e. The van der Waals surface area contributed by atoms with Gasteiger partial charge in [0.15, 0.2) is 0 Å². The molecular formula is C21H33Cl2FN4O2. The van der Waals surface area contributed by atoms with E-state index in [-0.39, 0.29) is 49.0 Å². The van der Waals surface area contributed by atoms with E-state index in [1.165, 1.54) is 12.1 Å². The number of piperazine rings is 1. The van der Waals surface area contributed by atoms with Gasteiger partial charge < -0.3 is 15.5 Å². The summed E-state index contributed by atoms with van der Waals surface area (Å²) < 4.78 is 12.9. The van der Waals surface area contributed by atoms with E-state index in [1.54, 1.807) is 12.1 Å². The normalized spacial score (nSPS) is 18.7. The maximum atomic E-state index is 12.9. The molecule has 2 heterocycles. The minimum atomic E-state index is -0.326. The molecule has 2 saturated heterocycles. The summed E-state index contributed by atoms with van der Waals surface area (Å²) in [6.45, 7) is 7.33. The summed E-state index contributed by atoms with van der Waals surface area (Å²) in [6, 6.07) is 5.75. The Labute approximate surface area is 190 Å². The molecule has 2 aliphatic rings. The van der Waals surface area contributed by atoms with Crippen molar-refractivity contribution in [3.63, 3.8) is 0 Å². The highest BCUT2D eigenvalue weighted by Crippen LogP contribution is 2.25. The quantitative estimate of drug-likeness (QED) is 0.681. The van der Waals surface area contributed by atoms with E-state index in [0.717, 1.165) is 25.9 Å². The van der Waals surface area contributed by atoms with Crippen LogP contribution in [0.3, 0.4) is 0 Å². The molecule has 30 heavy (non-hydrogen) atoms. The molecule has 0 aliphatic carbocycles. The molecule has 1 unspecified atom stereocenters. The van der Waals surface area contributed by atoms with Crippen molar-refractivity contribution in [2.75, 3.05) is 51.1 Å². The molecule has 1 atom stereocenters. The van der Waals surface area contributed by atoms with E-state index in [9.17, 15) is 14.0 Å². The van der Waals surface area contributed by atoms with Gasteiger partial charge in [-0.2, -0.15) is 0 Å². The molecule has 0 spiro atoms. The Bertz CT molecular complexity index is 663. The van der Waals surface area contributed by atoms with Crippen molar-refractivity contribution in [3.8, 4) is 0 Å². The van der Waals surface area contributed by atoms with Crippen LogP contribution in [-0.4, -0.2) is 67.4 Å². The number of hydrogen-bond acceptors (Lipinski definition) is 4. The van der Waals surface area contributed by atoms with E-state index in [4.69, 9.17) is 0 Å². The fourth-order valence-electron chi connectivity index (χ4n) is 4.08. The lowest BCUT2D eigenvalue weighted by Crippen LogP contribution is -2.50. The third-order valence-electron chi connectivity index (χ3n) is 5.91. The van der Waals surface area contributed by atoms with Gasteiger partial charge in [0.1, 0.15) is 5.82 Å². The van der Waals surface area contributed by atoms with E-state index in [2.05, 4.69) is 22.5 Å². The van der Waals surface area contributed by atoms with Crippen molar-refractivity contribution in [2.24, 2.45) is 11.8 Å². The van der Waals surface area contributed by atoms with Crippen LogP contribution in [0.2, 0.25) is 0 Å². The van der Waals surface area contributed by atoms with Gasteiger partial charge in [-0.3, -0.25) is 14.5 Å². The molecule has 1 aromatic rings. The monoisotopic (exact) mass is 462 g/mol. The number of anilines is 1. The van der Waals surface area contributed by atoms with E-state index >= 15 is 0 Å². The first-order valence-corrected chi connectivity index (χ1v) is 10.3. The molecule has 1 aromatic carbocycles. The van der Waals surface area contributed by atoms with Crippen LogP contribution in [0.4, 0.5) is 10.1 Å². The molecule has 3 rings (SSSR count). The summed E-state index contributed by atoms with van der Waals surface area (Å²) in [5.41, 5.74) is 0.590. The van der Waals surface area contributed by atoms with Gasteiger partial charge in [-0.05, 0) is 62.0 Å². The number of carbonyl (C=O) groups is 2. The Hall–Kier alpha value is -1.41. The minimum absolute atomic E-state index is 0. The van der Waals surface area contributed by atoms with Gasteiger partial charge >= 0.3 is 0 Å². The summed E-state index contributed by atoms with van der Waals surface area (Å²) in [7, 11) is 0. The molecule has 6 nitrogen and oxygen atoms in total. The van der Waals surface area contributed by atoms with Gasteiger partial charge in [-0.1, -0.05) is 6.92 Å². The number of halogens is 3. The average molecular weight is 463 g/mol. The summed E-state index contributed by atoms with van der Waals surface area (Å²) >= 11 is 0. The van der Waals surface area contributed by atoms with Crippen LogP contribution in [-0.2, 0) is 9.59 Å². The fraction of sp³-hybridized carbons (Fsp3) is 0.619. The zero-order valence-electron chi connectivity index (χ0n) is 17.4. The zero-order valence-corrected chi connectivity index (χ0v) is 19.1. The van der Waals surface area contributed by atoms with Gasteiger partial charge in [0.2, 0.25) is 11.8 Å². The molecule has 170 valence electrons. The smallest absolute Gasteiger partial charge is 0.238 e. The van der Waals surface area contributed by atoms with Gasteiger partial charge in [0.05, 0.1) is 6.54 Å². The lowest BCUT2D eigenvalue weighted by atomic mass is 9.84. The van der Waals surface area contributed by atoms with Crippen molar-refractivity contribution >= 4 is 42.3 Å². The summed E-state index contributed by atoms with van der Waals surface area (Å²) in [6.07, 6.45) is 2.94. The number of piperidine rings is 1. The number of rotatable bonds is 6. The number of carbonyl (C=O) groups excluding carboxylic acids is 2. The van der Waals surface area contributed by atoms with Gasteiger partial charge in [-0.15, -0.1) is 24.8 Å². The molecule has 2 N–H and O–H groups in total. The fourth-order valence-corrected chi connectivity index (χ4v) is 4.08. The van der Waals surface area contributed by atoms with Crippen LogP contribution >= 0.6 is 24.8 Å². The van der Waals surface area contributed by atoms with E-state index < -0.39 is 0 Å². The third-order valence-corrected chi connectivity index (χ3v) is 5.91. The highest BCUT2D eigenvalue weighted by atomic mass is 35.5. The van der Waals surface area contributed by atoms with Crippen molar-refractivity contribution < 1.29 is 14.0 Å². The van der Waals surface area contributed by atoms with Gasteiger partial charge in [0.25, 0.3) is 0 Å². The van der Waals surface area contributed by atoms with Crippen LogP contribution in [0, 0.1) is 17.7 Å². The van der Waals surface area contributed by atoms with Crippen LogP contribution in [0.15, 0.2) is 24.3 Å². The molecule has 0 radical (unpaired) electrons. The van der Waals surface area contributed by atoms with Crippen LogP contribution in [0.25, 0.3) is 0 Å². The molecule has 2 aliphatic heterocycles. The van der Waals surface area contributed by atoms with Crippen molar-refractivity contribution in [2.45, 2.75) is 26.2 Å². The molecular weight excluding hydrogens is 430 g/mol. The van der Waals surface area contributed by atoms with Crippen molar-refractivity contribution in [1.29, 1.82) is 0 Å². The Kier molecular flexibility index (Phi) is 11.6. The van der Waals surface area contributed by atoms with Crippen LogP contribution < -0.4 is 10.6 Å². The van der Waals surface area contributed by atoms with Crippen LogP contribution in [0.5, 0.6) is 0 Å². The Balaban J connectivity index is 0.00000225. The third kappa shape index (κ3) is 8.02. The Morgan fingerprint density at radius 1 is 1.10 bits per heavy atom. The minimum Gasteiger partial charge on any atom is -0.340 e. The van der Waals surface area contributed by atoms with E-state index in [1.807, 2.05) is 4.90 Å². The Morgan fingerprint density at radius 3 is 2.30 bits per heavy atom. The molecule has 0 bridgehead atoms. The number of amides is 2. The van der Waals surface area contributed by atoms with Gasteiger partial charge in [-0.25, -0.2) is 4.39 Å². The van der Waals surface area contributed by atoms with E-state index in [0.29, 0.717) is 50.1 Å². The topological polar surface area (TPSA) is 64.7 Å². The van der Waals surface area contributed by atoms with Crippen LogP contribution in [0.1, 0.15) is 26.2 Å². The van der Waals surface area contributed by atoms with Crippen molar-refractivity contribution in [3.05, 3.63) is 30.1 Å². The number of benzene rings is 1. The number of hydrogen-bond donors (Lipinski definition) is 2. The summed E-state index contributed by atoms with van der Waals surface area (Å²) in [4.78, 5) is 28.8. The highest BCUT2D eigenvalue weighted by Gasteiger charge is 2.26.